The minimum atomic E-state index is -1.34. The van der Waals surface area contributed by atoms with Gasteiger partial charge in [-0.05, 0) is 69.0 Å². The summed E-state index contributed by atoms with van der Waals surface area (Å²) < 4.78 is 6.34. The first-order chi connectivity index (χ1) is 24.0. The van der Waals surface area contributed by atoms with Gasteiger partial charge >= 0.3 is 0 Å². The smallest absolute Gasteiger partial charge is 0.121 e. The third-order valence-electron chi connectivity index (χ3n) is 8.85. The number of aromatic nitrogens is 2. The SMILES string of the molecule is CC(C)Cc1ccnc(-c2[c-]cc(C#N)c3c2oc2cc(-c4ccccc4)ccc23)c1.CC(C)c1cc(-c2[c-]cccc2)ncc1[Si](C)(C)C.[Ir]. The fraction of sp³-hybridized carbons (Fsp3) is 0.222. The number of rotatable bonds is 7. The van der Waals surface area contributed by atoms with Gasteiger partial charge in [-0.15, -0.1) is 48.0 Å². The van der Waals surface area contributed by atoms with Crippen LogP contribution in [0.5, 0.6) is 0 Å². The van der Waals surface area contributed by atoms with Crippen LogP contribution in [0.25, 0.3) is 55.6 Å². The molecule has 0 saturated carbocycles. The van der Waals surface area contributed by atoms with Crippen LogP contribution in [-0.2, 0) is 26.5 Å². The van der Waals surface area contributed by atoms with E-state index in [2.05, 4.69) is 124 Å². The number of fused-ring (bicyclic) bond motifs is 3. The standard InChI is InChI=1S/C28H21N2O.C17H22NSi.Ir/c1-18(2)14-19-12-13-30-25(15-19)23-10-9-22(17-29)27-24-11-8-21(16-26(24)31-28(23)27)20-6-4-3-5-7-20;1-13(2)15-11-16(14-9-7-6-8-10-14)18-12-17(15)19(3,4)5;/h3-9,11-13,15-16,18H,14H2,1-2H3;6-9,11-13H,1-5H3;/q2*-1;. The number of pyridine rings is 2. The molecule has 0 aliphatic heterocycles. The van der Waals surface area contributed by atoms with Crippen LogP contribution >= 0.6 is 0 Å². The van der Waals surface area contributed by atoms with E-state index in [9.17, 15) is 5.26 Å². The van der Waals surface area contributed by atoms with Crippen LogP contribution in [0.1, 0.15) is 50.3 Å². The first-order valence-corrected chi connectivity index (χ1v) is 20.8. The van der Waals surface area contributed by atoms with Crippen LogP contribution in [-0.4, -0.2) is 18.0 Å². The van der Waals surface area contributed by atoms with Crippen molar-refractivity contribution in [2.24, 2.45) is 5.92 Å². The second-order valence-electron chi connectivity index (χ2n) is 14.6. The van der Waals surface area contributed by atoms with Crippen molar-refractivity contribution in [1.29, 1.82) is 5.26 Å². The third-order valence-corrected chi connectivity index (χ3v) is 10.9. The van der Waals surface area contributed by atoms with Crippen molar-refractivity contribution < 1.29 is 24.5 Å². The Morgan fingerprint density at radius 2 is 1.59 bits per heavy atom. The fourth-order valence-corrected chi connectivity index (χ4v) is 8.07. The molecular weight excluding hydrogens is 819 g/mol. The molecule has 259 valence electrons. The predicted molar refractivity (Wildman–Crippen MR) is 210 cm³/mol. The molecule has 3 aromatic heterocycles. The molecule has 0 aliphatic rings. The number of furan rings is 1. The van der Waals surface area contributed by atoms with E-state index in [1.54, 1.807) is 6.07 Å². The van der Waals surface area contributed by atoms with E-state index < -0.39 is 8.07 Å². The van der Waals surface area contributed by atoms with Gasteiger partial charge in [-0.3, -0.25) is 0 Å². The molecule has 0 saturated heterocycles. The molecule has 3 heterocycles. The summed E-state index contributed by atoms with van der Waals surface area (Å²) >= 11 is 0. The van der Waals surface area contributed by atoms with Crippen LogP contribution < -0.4 is 5.19 Å². The zero-order chi connectivity index (χ0) is 35.4. The maximum absolute atomic E-state index is 9.72. The Bertz CT molecular complexity index is 2300. The van der Waals surface area contributed by atoms with Crippen molar-refractivity contribution in [2.75, 3.05) is 0 Å². The zero-order valence-corrected chi connectivity index (χ0v) is 33.7. The average molecular weight is 862 g/mol. The van der Waals surface area contributed by atoms with E-state index >= 15 is 0 Å². The molecule has 4 nitrogen and oxygen atoms in total. The van der Waals surface area contributed by atoms with Gasteiger partial charge in [0.2, 0.25) is 0 Å². The summed E-state index contributed by atoms with van der Waals surface area (Å²) in [7, 11) is -1.34. The Kier molecular flexibility index (Phi) is 11.9. The Morgan fingerprint density at radius 1 is 0.824 bits per heavy atom. The number of nitriles is 1. The summed E-state index contributed by atoms with van der Waals surface area (Å²) in [4.78, 5) is 9.25. The van der Waals surface area contributed by atoms with Gasteiger partial charge in [0.15, 0.2) is 0 Å². The van der Waals surface area contributed by atoms with Crippen molar-refractivity contribution in [3.8, 4) is 39.7 Å². The Labute approximate surface area is 317 Å². The molecule has 0 atom stereocenters. The average Bonchev–Trinajstić information content (AvgIpc) is 3.50. The molecule has 7 aromatic rings. The molecule has 1 radical (unpaired) electrons. The molecule has 7 rings (SSSR count). The summed E-state index contributed by atoms with van der Waals surface area (Å²) in [5.74, 6) is 1.09. The summed E-state index contributed by atoms with van der Waals surface area (Å²) in [6.07, 6.45) is 4.91. The van der Waals surface area contributed by atoms with Gasteiger partial charge in [0.1, 0.15) is 5.58 Å². The van der Waals surface area contributed by atoms with Crippen LogP contribution in [0.4, 0.5) is 0 Å². The second-order valence-corrected chi connectivity index (χ2v) is 19.6. The van der Waals surface area contributed by atoms with Crippen LogP contribution in [0.15, 0.2) is 114 Å². The third kappa shape index (κ3) is 8.46. The summed E-state index contributed by atoms with van der Waals surface area (Å²) in [6, 6.07) is 41.4. The van der Waals surface area contributed by atoms with Crippen molar-refractivity contribution in [1.82, 2.24) is 9.97 Å². The molecule has 0 spiro atoms. The van der Waals surface area contributed by atoms with Gasteiger partial charge < -0.3 is 14.4 Å². The first-order valence-electron chi connectivity index (χ1n) is 17.3. The second kappa shape index (κ2) is 16.1. The van der Waals surface area contributed by atoms with Gasteiger partial charge in [0.25, 0.3) is 0 Å². The summed E-state index contributed by atoms with van der Waals surface area (Å²) in [6.45, 7) is 16.1. The van der Waals surface area contributed by atoms with E-state index in [0.717, 1.165) is 56.4 Å². The molecule has 0 bridgehead atoms. The molecule has 51 heavy (non-hydrogen) atoms. The van der Waals surface area contributed by atoms with Gasteiger partial charge in [-0.1, -0.05) is 119 Å². The molecule has 0 unspecified atom stereocenters. The molecule has 0 aliphatic carbocycles. The van der Waals surface area contributed by atoms with Crippen molar-refractivity contribution in [3.63, 3.8) is 0 Å². The topological polar surface area (TPSA) is 62.7 Å². The van der Waals surface area contributed by atoms with Crippen LogP contribution in [0, 0.1) is 29.4 Å². The number of nitrogens with zero attached hydrogens (tertiary/aromatic N) is 3. The quantitative estimate of drug-likeness (QED) is 0.118. The molecule has 4 aromatic carbocycles. The van der Waals surface area contributed by atoms with E-state index in [-0.39, 0.29) is 20.1 Å². The molecule has 6 heteroatoms. The number of hydrogen-bond acceptors (Lipinski definition) is 4. The number of benzene rings is 4. The molecule has 0 fully saturated rings. The van der Waals surface area contributed by atoms with Gasteiger partial charge in [-0.2, -0.15) is 0 Å². The maximum Gasteiger partial charge on any atom is 0.121 e. The van der Waals surface area contributed by atoms with Crippen molar-refractivity contribution in [2.45, 2.75) is 59.7 Å². The molecule has 0 amide bonds. The monoisotopic (exact) mass is 862 g/mol. The van der Waals surface area contributed by atoms with Gasteiger partial charge in [0, 0.05) is 44.0 Å². The van der Waals surface area contributed by atoms with E-state index in [0.29, 0.717) is 23.0 Å². The maximum atomic E-state index is 9.72. The molecular formula is C45H43IrN3OSi-2. The largest absolute Gasteiger partial charge is 0.501 e. The fourth-order valence-electron chi connectivity index (χ4n) is 6.40. The Morgan fingerprint density at radius 3 is 2.25 bits per heavy atom. The van der Waals surface area contributed by atoms with E-state index in [1.807, 2.05) is 54.7 Å². The Balaban J connectivity index is 0.000000218. The minimum Gasteiger partial charge on any atom is -0.501 e. The normalized spacial score (nSPS) is 11.3. The van der Waals surface area contributed by atoms with E-state index in [1.165, 1.54) is 16.3 Å². The zero-order valence-electron chi connectivity index (χ0n) is 30.3. The molecule has 0 N–H and O–H groups in total. The van der Waals surface area contributed by atoms with E-state index in [4.69, 9.17) is 4.42 Å². The van der Waals surface area contributed by atoms with Gasteiger partial charge in [-0.25, -0.2) is 5.26 Å². The van der Waals surface area contributed by atoms with Gasteiger partial charge in [0.05, 0.1) is 13.7 Å². The van der Waals surface area contributed by atoms with Crippen LogP contribution in [0.2, 0.25) is 19.6 Å². The Hall–Kier alpha value is -4.66. The predicted octanol–water partition coefficient (Wildman–Crippen LogP) is 11.4. The van der Waals surface area contributed by atoms with Crippen molar-refractivity contribution >= 4 is 35.2 Å². The minimum absolute atomic E-state index is 0. The van der Waals surface area contributed by atoms with Crippen LogP contribution in [0.3, 0.4) is 0 Å². The van der Waals surface area contributed by atoms with Crippen molar-refractivity contribution in [3.05, 3.63) is 138 Å². The first kappa shape index (κ1) is 37.6. The summed E-state index contributed by atoms with van der Waals surface area (Å²) in [5.41, 5.74) is 10.6. The summed E-state index contributed by atoms with van der Waals surface area (Å²) in [5, 5.41) is 12.9. The number of hydrogen-bond donors (Lipinski definition) is 0.